The van der Waals surface area contributed by atoms with Gasteiger partial charge in [-0.05, 0) is 82.1 Å². The maximum absolute atomic E-state index is 13.5. The lowest BCUT2D eigenvalue weighted by Crippen LogP contribution is -2.48. The van der Waals surface area contributed by atoms with E-state index in [0.717, 1.165) is 69.0 Å². The summed E-state index contributed by atoms with van der Waals surface area (Å²) in [6, 6.07) is 6.72. The molecular formula is C28H39Cl2FN8O. The number of halogens is 3. The highest BCUT2D eigenvalue weighted by Gasteiger charge is 2.30. The number of carbonyl (C=O) groups is 1. The largest absolute Gasteiger partial charge is 0.351 e. The molecule has 0 radical (unpaired) electrons. The molecule has 218 valence electrons. The maximum atomic E-state index is 13.5. The van der Waals surface area contributed by atoms with Gasteiger partial charge in [-0.2, -0.15) is 9.97 Å². The van der Waals surface area contributed by atoms with Gasteiger partial charge in [0.15, 0.2) is 17.0 Å². The number of rotatable bonds is 6. The van der Waals surface area contributed by atoms with Crippen molar-refractivity contribution in [2.75, 3.05) is 17.2 Å². The molecule has 9 nitrogen and oxygen atoms in total. The topological polar surface area (TPSA) is 114 Å². The minimum absolute atomic E-state index is 0. The van der Waals surface area contributed by atoms with Gasteiger partial charge in [0, 0.05) is 30.2 Å². The second-order valence-electron chi connectivity index (χ2n) is 11.1. The molecule has 2 aromatic heterocycles. The Bertz CT molecular complexity index is 1280. The van der Waals surface area contributed by atoms with Gasteiger partial charge in [-0.3, -0.25) is 4.79 Å². The number of amides is 1. The van der Waals surface area contributed by atoms with E-state index in [-0.39, 0.29) is 54.8 Å². The summed E-state index contributed by atoms with van der Waals surface area (Å²) in [6.45, 7) is 0.631. The highest BCUT2D eigenvalue weighted by Crippen LogP contribution is 2.34. The molecule has 40 heavy (non-hydrogen) atoms. The van der Waals surface area contributed by atoms with E-state index in [2.05, 4.69) is 15.2 Å². The molecule has 3 heterocycles. The van der Waals surface area contributed by atoms with Crippen LogP contribution in [0.4, 0.5) is 16.2 Å². The fraction of sp³-hybridized carbons (Fsp3) is 0.571. The number of nitrogens with zero attached hydrogens (tertiary/aromatic N) is 5. The summed E-state index contributed by atoms with van der Waals surface area (Å²) in [5, 5.41) is 7.14. The number of nitrogens with one attached hydrogen (secondary N) is 2. The molecule has 3 aromatic rings. The summed E-state index contributed by atoms with van der Waals surface area (Å²) in [5.41, 5.74) is 8.17. The van der Waals surface area contributed by atoms with Crippen molar-refractivity contribution in [1.82, 2.24) is 24.4 Å². The van der Waals surface area contributed by atoms with E-state index in [4.69, 9.17) is 20.7 Å². The van der Waals surface area contributed by atoms with Crippen LogP contribution in [0.3, 0.4) is 0 Å². The van der Waals surface area contributed by atoms with Crippen LogP contribution in [0, 0.1) is 5.82 Å². The molecule has 4 N–H and O–H groups in total. The van der Waals surface area contributed by atoms with Crippen molar-refractivity contribution < 1.29 is 9.18 Å². The fourth-order valence-electron chi connectivity index (χ4n) is 6.22. The molecular weight excluding hydrogens is 554 g/mol. The van der Waals surface area contributed by atoms with Crippen molar-refractivity contribution >= 4 is 53.7 Å². The van der Waals surface area contributed by atoms with Crippen LogP contribution in [0.1, 0.15) is 87.0 Å². The fourth-order valence-corrected chi connectivity index (χ4v) is 6.22. The van der Waals surface area contributed by atoms with Crippen LogP contribution in [0.2, 0.25) is 0 Å². The minimum Gasteiger partial charge on any atom is -0.351 e. The predicted octanol–water partition coefficient (Wildman–Crippen LogP) is 5.67. The van der Waals surface area contributed by atoms with E-state index in [1.165, 1.54) is 25.0 Å². The zero-order valence-electron chi connectivity index (χ0n) is 22.6. The van der Waals surface area contributed by atoms with E-state index < -0.39 is 0 Å². The van der Waals surface area contributed by atoms with Crippen molar-refractivity contribution in [3.05, 3.63) is 42.0 Å². The number of piperidine rings is 1. The van der Waals surface area contributed by atoms with Crippen LogP contribution in [0.25, 0.3) is 11.2 Å². The summed E-state index contributed by atoms with van der Waals surface area (Å²) < 4.78 is 15.7. The van der Waals surface area contributed by atoms with Crippen LogP contribution < -0.4 is 16.4 Å². The number of carbonyl (C=O) groups excluding carboxylic acids is 1. The average Bonchev–Trinajstić information content (AvgIpc) is 3.61. The summed E-state index contributed by atoms with van der Waals surface area (Å²) in [5.74, 6) is 0.773. The molecule has 2 saturated carbocycles. The molecule has 1 amide bonds. The molecule has 1 unspecified atom stereocenters. The smallest absolute Gasteiger partial charge is 0.255 e. The Morgan fingerprint density at radius 2 is 1.60 bits per heavy atom. The highest BCUT2D eigenvalue weighted by molar-refractivity contribution is 5.95. The first-order chi connectivity index (χ1) is 18.5. The van der Waals surface area contributed by atoms with Crippen LogP contribution >= 0.6 is 24.8 Å². The van der Waals surface area contributed by atoms with E-state index in [1.54, 1.807) is 12.1 Å². The number of likely N-dealkylation sites (tertiary alicyclic amines) is 1. The summed E-state index contributed by atoms with van der Waals surface area (Å²) in [6.07, 6.45) is 13.1. The number of benzene rings is 1. The SMILES string of the molecule is Cl.Cl.NC1CCC(Nc2nc(NC3CCCCN3C(=O)c3ccc(F)cc3)c3ncn(C4CCCC4)c3n2)CC1. The molecule has 6 rings (SSSR count). The van der Waals surface area contributed by atoms with Gasteiger partial charge in [-0.25, -0.2) is 9.37 Å². The molecule has 2 aliphatic carbocycles. The number of hydrogen-bond acceptors (Lipinski definition) is 7. The summed E-state index contributed by atoms with van der Waals surface area (Å²) in [4.78, 5) is 29.8. The van der Waals surface area contributed by atoms with Crippen LogP contribution in [0.5, 0.6) is 0 Å². The first-order valence-electron chi connectivity index (χ1n) is 14.1. The van der Waals surface area contributed by atoms with Gasteiger partial charge in [0.05, 0.1) is 6.33 Å². The molecule has 1 aliphatic heterocycles. The maximum Gasteiger partial charge on any atom is 0.255 e. The normalized spacial score (nSPS) is 23.4. The van der Waals surface area contributed by atoms with E-state index in [1.807, 2.05) is 11.2 Å². The Morgan fingerprint density at radius 1 is 0.900 bits per heavy atom. The number of fused-ring (bicyclic) bond motifs is 1. The molecule has 0 bridgehead atoms. The third-order valence-corrected chi connectivity index (χ3v) is 8.40. The van der Waals surface area contributed by atoms with Crippen molar-refractivity contribution in [3.8, 4) is 0 Å². The Balaban J connectivity index is 0.00000185. The third-order valence-electron chi connectivity index (χ3n) is 8.40. The average molecular weight is 594 g/mol. The number of imidazole rings is 1. The highest BCUT2D eigenvalue weighted by atomic mass is 35.5. The second kappa shape index (κ2) is 13.3. The first-order valence-corrected chi connectivity index (χ1v) is 14.1. The van der Waals surface area contributed by atoms with Crippen LogP contribution in [-0.4, -0.2) is 55.1 Å². The minimum atomic E-state index is -0.351. The van der Waals surface area contributed by atoms with Gasteiger partial charge in [0.25, 0.3) is 5.91 Å². The summed E-state index contributed by atoms with van der Waals surface area (Å²) in [7, 11) is 0. The third kappa shape index (κ3) is 6.44. The Hall–Kier alpha value is -2.69. The van der Waals surface area contributed by atoms with Gasteiger partial charge in [-0.1, -0.05) is 12.8 Å². The van der Waals surface area contributed by atoms with Crippen LogP contribution in [-0.2, 0) is 0 Å². The standard InChI is InChI=1S/C28H37FN8O.2ClH/c29-19-10-8-18(9-11-19)27(38)36-16-4-3-7-23(36)33-25-24-26(37(17-31-24)22-5-1-2-6-22)35-28(34-25)32-21-14-12-20(30)13-15-21;;/h8-11,17,20-23H,1-7,12-16,30H2,(H2,32,33,34,35);2*1H. The zero-order valence-corrected chi connectivity index (χ0v) is 24.2. The lowest BCUT2D eigenvalue weighted by molar-refractivity contribution is 0.0645. The van der Waals surface area contributed by atoms with Crippen LogP contribution in [0.15, 0.2) is 30.6 Å². The van der Waals surface area contributed by atoms with Crippen molar-refractivity contribution in [2.45, 2.75) is 94.9 Å². The predicted molar refractivity (Wildman–Crippen MR) is 160 cm³/mol. The molecule has 1 atom stereocenters. The first kappa shape index (κ1) is 30.3. The molecule has 1 aromatic carbocycles. The number of hydrogen-bond donors (Lipinski definition) is 3. The second-order valence-corrected chi connectivity index (χ2v) is 11.1. The van der Waals surface area contributed by atoms with Crippen molar-refractivity contribution in [1.29, 1.82) is 0 Å². The Morgan fingerprint density at radius 3 is 2.33 bits per heavy atom. The van der Waals surface area contributed by atoms with Crippen molar-refractivity contribution in [2.24, 2.45) is 5.73 Å². The zero-order chi connectivity index (χ0) is 26.1. The molecule has 0 spiro atoms. The Kier molecular flexibility index (Phi) is 10.1. The number of nitrogens with two attached hydrogens (primary N) is 1. The lowest BCUT2D eigenvalue weighted by atomic mass is 9.92. The summed E-state index contributed by atoms with van der Waals surface area (Å²) >= 11 is 0. The van der Waals surface area contributed by atoms with Gasteiger partial charge in [-0.15, -0.1) is 24.8 Å². The van der Waals surface area contributed by atoms with E-state index in [0.29, 0.717) is 29.9 Å². The van der Waals surface area contributed by atoms with Gasteiger partial charge in [0.1, 0.15) is 12.0 Å². The van der Waals surface area contributed by atoms with Gasteiger partial charge < -0.3 is 25.8 Å². The van der Waals surface area contributed by atoms with Gasteiger partial charge >= 0.3 is 0 Å². The number of anilines is 2. The monoisotopic (exact) mass is 592 g/mol. The molecule has 12 heteroatoms. The quantitative estimate of drug-likeness (QED) is 0.338. The van der Waals surface area contributed by atoms with Gasteiger partial charge in [0.2, 0.25) is 5.95 Å². The molecule has 3 aliphatic rings. The number of aromatic nitrogens is 4. The molecule has 1 saturated heterocycles. The van der Waals surface area contributed by atoms with E-state index in [9.17, 15) is 9.18 Å². The lowest BCUT2D eigenvalue weighted by Gasteiger charge is -2.36. The van der Waals surface area contributed by atoms with Crippen molar-refractivity contribution in [3.63, 3.8) is 0 Å². The van der Waals surface area contributed by atoms with E-state index >= 15 is 0 Å². The Labute approximate surface area is 246 Å². The molecule has 3 fully saturated rings.